The largest absolute Gasteiger partial charge is 0.345 e. The minimum absolute atomic E-state index is 0.0141. The van der Waals surface area contributed by atoms with E-state index < -0.39 is 33.0 Å². The van der Waals surface area contributed by atoms with Gasteiger partial charge in [-0.25, -0.2) is 27.3 Å². The Morgan fingerprint density at radius 2 is 1.94 bits per heavy atom. The number of fused-ring (bicyclic) bond motifs is 1. The number of sulfonamides is 1. The molecule has 0 aliphatic heterocycles. The maximum Gasteiger partial charge on any atom is 0.239 e. The number of H-pyrrole nitrogens is 1. The van der Waals surface area contributed by atoms with Gasteiger partial charge in [-0.15, -0.1) is 11.3 Å². The predicted molar refractivity (Wildman–Crippen MR) is 115 cm³/mol. The van der Waals surface area contributed by atoms with Crippen LogP contribution in [-0.4, -0.2) is 24.2 Å². The number of nitrogens with zero attached hydrogens (tertiary/aromatic N) is 1. The van der Waals surface area contributed by atoms with E-state index in [4.69, 9.17) is 16.7 Å². The first-order valence-electron chi connectivity index (χ1n) is 8.79. The van der Waals surface area contributed by atoms with Gasteiger partial charge in [0.05, 0.1) is 10.6 Å². The first kappa shape index (κ1) is 21.6. The number of carbonyl (C=O) groups is 1. The lowest BCUT2D eigenvalue weighted by Gasteiger charge is -2.11. The molecule has 0 unspecified atom stereocenters. The van der Waals surface area contributed by atoms with Crippen LogP contribution in [0.3, 0.4) is 0 Å². The summed E-state index contributed by atoms with van der Waals surface area (Å²) in [5.74, 6) is -3.20. The lowest BCUT2D eigenvalue weighted by atomic mass is 9.96. The molecule has 4 rings (SSSR count). The van der Waals surface area contributed by atoms with E-state index in [2.05, 4.69) is 9.97 Å². The summed E-state index contributed by atoms with van der Waals surface area (Å²) in [7, 11) is -4.19. The number of carbonyl (C=O) groups excluding carboxylic acids is 1. The van der Waals surface area contributed by atoms with Crippen molar-refractivity contribution in [1.82, 2.24) is 9.97 Å². The van der Waals surface area contributed by atoms with Crippen LogP contribution < -0.4 is 5.14 Å². The molecule has 3 aromatic heterocycles. The fourth-order valence-corrected chi connectivity index (χ4v) is 6.18. The summed E-state index contributed by atoms with van der Waals surface area (Å²) in [5, 5.41) is 5.88. The van der Waals surface area contributed by atoms with Crippen LogP contribution in [0.5, 0.6) is 0 Å². The van der Waals surface area contributed by atoms with Crippen LogP contribution in [0.25, 0.3) is 22.2 Å². The van der Waals surface area contributed by atoms with Gasteiger partial charge in [-0.3, -0.25) is 4.79 Å². The first-order valence-corrected chi connectivity index (χ1v) is 11.5. The molecule has 0 saturated carbocycles. The molecule has 1 aromatic carbocycles. The third-order valence-corrected chi connectivity index (χ3v) is 7.26. The molecule has 0 bridgehead atoms. The number of halogens is 3. The van der Waals surface area contributed by atoms with Crippen molar-refractivity contribution < 1.29 is 22.0 Å². The number of aromatic nitrogens is 2. The van der Waals surface area contributed by atoms with Crippen molar-refractivity contribution in [2.75, 3.05) is 0 Å². The monoisotopic (exact) mass is 481 g/mol. The van der Waals surface area contributed by atoms with Crippen LogP contribution in [0.1, 0.15) is 25.7 Å². The maximum atomic E-state index is 15.6. The van der Waals surface area contributed by atoms with Crippen molar-refractivity contribution in [2.45, 2.75) is 18.7 Å². The highest BCUT2D eigenvalue weighted by molar-refractivity contribution is 7.89. The minimum atomic E-state index is -4.19. The molecule has 4 aromatic rings. The number of aryl methyl sites for hydroxylation is 2. The second-order valence-corrected chi connectivity index (χ2v) is 10.2. The molecule has 0 atom stereocenters. The second kappa shape index (κ2) is 7.49. The minimum Gasteiger partial charge on any atom is -0.345 e. The highest BCUT2D eigenvalue weighted by Crippen LogP contribution is 2.40. The highest BCUT2D eigenvalue weighted by atomic mass is 35.5. The number of hydrogen-bond donors (Lipinski definition) is 2. The number of rotatable bonds is 4. The smallest absolute Gasteiger partial charge is 0.239 e. The standard InChI is InChI=1S/C20H14ClF2N3O3S2/c1-8-15(19(9(2)30-8)31(24,28)29)11-3-4-14(22)16(17(11)23)18(27)13-7-26-20-12(13)5-10(21)6-25-20/h3-7H,1-2H3,(H,25,26)(H2,24,28,29). The van der Waals surface area contributed by atoms with Crippen LogP contribution in [0.2, 0.25) is 5.02 Å². The van der Waals surface area contributed by atoms with Crippen molar-refractivity contribution in [2.24, 2.45) is 5.14 Å². The molecule has 6 nitrogen and oxygen atoms in total. The Morgan fingerprint density at radius 1 is 1.23 bits per heavy atom. The summed E-state index contributed by atoms with van der Waals surface area (Å²) in [4.78, 5) is 20.5. The van der Waals surface area contributed by atoms with E-state index in [1.54, 1.807) is 6.92 Å². The van der Waals surface area contributed by atoms with Crippen molar-refractivity contribution in [3.63, 3.8) is 0 Å². The second-order valence-electron chi connectivity index (χ2n) is 6.83. The zero-order valence-electron chi connectivity index (χ0n) is 16.1. The summed E-state index contributed by atoms with van der Waals surface area (Å²) in [6, 6.07) is 3.47. The first-order chi connectivity index (χ1) is 14.5. The van der Waals surface area contributed by atoms with E-state index in [0.29, 0.717) is 20.8 Å². The van der Waals surface area contributed by atoms with Crippen LogP contribution in [0, 0.1) is 25.5 Å². The summed E-state index contributed by atoms with van der Waals surface area (Å²) < 4.78 is 54.5. The number of thiophene rings is 1. The molecular weight excluding hydrogens is 468 g/mol. The summed E-state index contributed by atoms with van der Waals surface area (Å²) in [6.45, 7) is 3.14. The third kappa shape index (κ3) is 3.55. The quantitative estimate of drug-likeness (QED) is 0.411. The summed E-state index contributed by atoms with van der Waals surface area (Å²) in [5.41, 5.74) is -0.732. The van der Waals surface area contributed by atoms with E-state index in [-0.39, 0.29) is 26.6 Å². The molecule has 3 heterocycles. The highest BCUT2D eigenvalue weighted by Gasteiger charge is 2.29. The van der Waals surface area contributed by atoms with Gasteiger partial charge in [-0.05, 0) is 32.0 Å². The van der Waals surface area contributed by atoms with Crippen LogP contribution >= 0.6 is 22.9 Å². The van der Waals surface area contributed by atoms with Crippen molar-refractivity contribution in [3.8, 4) is 11.1 Å². The molecule has 0 aliphatic rings. The molecule has 11 heteroatoms. The zero-order valence-corrected chi connectivity index (χ0v) is 18.5. The number of ketones is 1. The van der Waals surface area contributed by atoms with Gasteiger partial charge in [0.15, 0.2) is 0 Å². The SMILES string of the molecule is Cc1sc(C)c(S(N)(=O)=O)c1-c1ccc(F)c(C(=O)c2c[nH]c3ncc(Cl)cc23)c1F. The average molecular weight is 482 g/mol. The van der Waals surface area contributed by atoms with E-state index in [0.717, 1.165) is 23.5 Å². The lowest BCUT2D eigenvalue weighted by molar-refractivity contribution is 0.103. The molecule has 0 spiro atoms. The molecule has 0 amide bonds. The number of nitrogens with two attached hydrogens (primary N) is 1. The van der Waals surface area contributed by atoms with Gasteiger partial charge >= 0.3 is 0 Å². The Hall–Kier alpha value is -2.66. The van der Waals surface area contributed by atoms with Gasteiger partial charge in [0, 0.05) is 44.2 Å². The van der Waals surface area contributed by atoms with Crippen molar-refractivity contribution in [3.05, 3.63) is 68.1 Å². The van der Waals surface area contributed by atoms with Gasteiger partial charge in [-0.1, -0.05) is 11.6 Å². The fraction of sp³-hybridized carbons (Fsp3) is 0.100. The summed E-state index contributed by atoms with van der Waals surface area (Å²) in [6.07, 6.45) is 2.66. The molecule has 0 aliphatic carbocycles. The topological polar surface area (TPSA) is 106 Å². The number of aromatic amines is 1. The van der Waals surface area contributed by atoms with Gasteiger partial charge < -0.3 is 4.98 Å². The Bertz CT molecular complexity index is 1490. The molecule has 0 saturated heterocycles. The van der Waals surface area contributed by atoms with Crippen molar-refractivity contribution >= 4 is 49.8 Å². The van der Waals surface area contributed by atoms with Gasteiger partial charge in [0.25, 0.3) is 0 Å². The van der Waals surface area contributed by atoms with Gasteiger partial charge in [0.1, 0.15) is 22.2 Å². The van der Waals surface area contributed by atoms with E-state index in [9.17, 15) is 17.6 Å². The van der Waals surface area contributed by atoms with Crippen molar-refractivity contribution in [1.29, 1.82) is 0 Å². The number of benzene rings is 1. The molecular formula is C20H14ClF2N3O3S2. The molecule has 0 fully saturated rings. The van der Waals surface area contributed by atoms with E-state index in [1.165, 1.54) is 25.4 Å². The third-order valence-electron chi connectivity index (χ3n) is 4.82. The van der Waals surface area contributed by atoms with E-state index in [1.807, 2.05) is 0 Å². The van der Waals surface area contributed by atoms with Crippen LogP contribution in [0.4, 0.5) is 8.78 Å². The average Bonchev–Trinajstić information content (AvgIpc) is 3.21. The van der Waals surface area contributed by atoms with E-state index >= 15 is 4.39 Å². The number of hydrogen-bond acceptors (Lipinski definition) is 5. The number of nitrogens with one attached hydrogen (secondary N) is 1. The summed E-state index contributed by atoms with van der Waals surface area (Å²) >= 11 is 7.06. The number of primary sulfonamides is 1. The Labute approximate surface area is 184 Å². The Morgan fingerprint density at radius 3 is 2.61 bits per heavy atom. The fourth-order valence-electron chi connectivity index (χ4n) is 3.57. The zero-order chi connectivity index (χ0) is 22.7. The van der Waals surface area contributed by atoms with Crippen LogP contribution in [-0.2, 0) is 10.0 Å². The molecule has 160 valence electrons. The predicted octanol–water partition coefficient (Wildman–Crippen LogP) is 4.72. The Kier molecular flexibility index (Phi) is 5.21. The van der Waals surface area contributed by atoms with Gasteiger partial charge in [0.2, 0.25) is 15.8 Å². The number of pyridine rings is 1. The normalized spacial score (nSPS) is 11.9. The maximum absolute atomic E-state index is 15.6. The molecule has 3 N–H and O–H groups in total. The van der Waals surface area contributed by atoms with Crippen LogP contribution in [0.15, 0.2) is 35.5 Å². The molecule has 0 radical (unpaired) electrons. The van der Waals surface area contributed by atoms with Gasteiger partial charge in [-0.2, -0.15) is 0 Å². The lowest BCUT2D eigenvalue weighted by Crippen LogP contribution is -2.14. The Balaban J connectivity index is 1.97. The molecule has 31 heavy (non-hydrogen) atoms.